The summed E-state index contributed by atoms with van der Waals surface area (Å²) < 4.78 is 17.9. The highest BCUT2D eigenvalue weighted by Gasteiger charge is 2.57. The average Bonchev–Trinajstić information content (AvgIpc) is 3.58. The van der Waals surface area contributed by atoms with Crippen LogP contribution in [0.3, 0.4) is 0 Å². The van der Waals surface area contributed by atoms with Crippen LogP contribution in [0, 0.1) is 23.7 Å². The Kier molecular flexibility index (Phi) is 23.7. The first-order valence-corrected chi connectivity index (χ1v) is 29.7. The minimum atomic E-state index is -0.990. The summed E-state index contributed by atoms with van der Waals surface area (Å²) in [6.45, 7) is 16.3. The molecule has 21 heteroatoms. The van der Waals surface area contributed by atoms with Crippen molar-refractivity contribution in [2.45, 2.75) is 187 Å². The SMILES string of the molecule is CC[C@H](C)[C@@H]([C@@H](CC(=O)N1CCC[C@H]1[C@H](OC)[C@@H](C)C(=O)N[C@@H](Cc1ccccc1)C(=O)Nc1ccc(CNC(=O)NCCCCCCN2C(=O)C=CC2=O)cc1)OC)N(C)C(=O)[C@@H](NC(=O)C1C2CC(C2)N1C(=O)OC(C)(C)C)C(C)C. The van der Waals surface area contributed by atoms with E-state index in [1.54, 1.807) is 68.8 Å². The van der Waals surface area contributed by atoms with E-state index in [4.69, 9.17) is 14.2 Å². The van der Waals surface area contributed by atoms with Crippen LogP contribution < -0.4 is 26.6 Å². The molecule has 1 aliphatic carbocycles. The minimum Gasteiger partial charge on any atom is -0.444 e. The monoisotopic (exact) mass is 1150 g/mol. The molecule has 456 valence electrons. The first-order chi connectivity index (χ1) is 39.5. The highest BCUT2D eigenvalue weighted by atomic mass is 16.6. The number of methoxy groups -OCH3 is 2. The third kappa shape index (κ3) is 17.4. The zero-order valence-corrected chi connectivity index (χ0v) is 50.6. The van der Waals surface area contributed by atoms with Crippen molar-refractivity contribution in [3.63, 3.8) is 0 Å². The van der Waals surface area contributed by atoms with Gasteiger partial charge in [0.1, 0.15) is 23.7 Å². The van der Waals surface area contributed by atoms with Gasteiger partial charge in [0.15, 0.2) is 0 Å². The molecule has 1 unspecified atom stereocenters. The first kappa shape index (κ1) is 65.3. The molecule has 5 aliphatic rings. The predicted molar refractivity (Wildman–Crippen MR) is 313 cm³/mol. The van der Waals surface area contributed by atoms with Gasteiger partial charge >= 0.3 is 12.1 Å². The maximum atomic E-state index is 14.7. The van der Waals surface area contributed by atoms with Gasteiger partial charge in [0.2, 0.25) is 29.5 Å². The quantitative estimate of drug-likeness (QED) is 0.0458. The van der Waals surface area contributed by atoms with Gasteiger partial charge in [-0.2, -0.15) is 0 Å². The third-order valence-electron chi connectivity index (χ3n) is 16.7. The number of carbonyl (C=O) groups excluding carboxylic acids is 9. The maximum Gasteiger partial charge on any atom is 0.411 e. The van der Waals surface area contributed by atoms with Crippen molar-refractivity contribution in [3.8, 4) is 0 Å². The summed E-state index contributed by atoms with van der Waals surface area (Å²) in [5.74, 6) is -3.67. The van der Waals surface area contributed by atoms with Gasteiger partial charge < -0.3 is 50.6 Å². The van der Waals surface area contributed by atoms with E-state index in [0.717, 1.165) is 30.4 Å². The van der Waals surface area contributed by atoms with Gasteiger partial charge in [0.05, 0.1) is 36.6 Å². The van der Waals surface area contributed by atoms with Gasteiger partial charge in [-0.3, -0.25) is 43.4 Å². The molecule has 3 saturated heterocycles. The highest BCUT2D eigenvalue weighted by Crippen LogP contribution is 2.46. The largest absolute Gasteiger partial charge is 0.444 e. The maximum absolute atomic E-state index is 14.7. The number of nitrogens with zero attached hydrogens (tertiary/aromatic N) is 4. The number of carbonyl (C=O) groups is 9. The highest BCUT2D eigenvalue weighted by molar-refractivity contribution is 6.12. The normalized spacial score (nSPS) is 20.8. The fourth-order valence-electron chi connectivity index (χ4n) is 11.9. The molecular formula is C62H91N9O12. The molecule has 2 aromatic rings. The summed E-state index contributed by atoms with van der Waals surface area (Å²) in [6, 6.07) is 12.2. The second-order valence-corrected chi connectivity index (χ2v) is 24.2. The topological polar surface area (TPSA) is 254 Å². The lowest BCUT2D eigenvalue weighted by Crippen LogP contribution is -2.59. The van der Waals surface area contributed by atoms with Crippen molar-refractivity contribution in [1.29, 1.82) is 0 Å². The van der Waals surface area contributed by atoms with Gasteiger partial charge in [0.25, 0.3) is 11.8 Å². The number of ether oxygens (including phenoxy) is 3. The van der Waals surface area contributed by atoms with Gasteiger partial charge in [-0.05, 0) is 100 Å². The first-order valence-electron chi connectivity index (χ1n) is 29.7. The zero-order valence-electron chi connectivity index (χ0n) is 50.6. The van der Waals surface area contributed by atoms with E-state index in [2.05, 4.69) is 26.6 Å². The molecule has 9 atom stereocenters. The molecule has 0 radical (unpaired) electrons. The van der Waals surface area contributed by atoms with Crippen LogP contribution in [0.5, 0.6) is 0 Å². The lowest BCUT2D eigenvalue weighted by molar-refractivity contribution is -0.148. The predicted octanol–water partition coefficient (Wildman–Crippen LogP) is 6.10. The number of likely N-dealkylation sites (tertiary alicyclic amines) is 1. The number of likely N-dealkylation sites (N-methyl/N-ethyl adjacent to an activating group) is 1. The Hall–Kier alpha value is -6.87. The number of hydrogen-bond acceptors (Lipinski definition) is 12. The Labute approximate surface area is 490 Å². The van der Waals surface area contributed by atoms with Crippen LogP contribution in [0.4, 0.5) is 15.3 Å². The van der Waals surface area contributed by atoms with Crippen molar-refractivity contribution >= 4 is 59.2 Å². The fourth-order valence-corrected chi connectivity index (χ4v) is 11.9. The second-order valence-electron chi connectivity index (χ2n) is 24.2. The van der Waals surface area contributed by atoms with Crippen LogP contribution >= 0.6 is 0 Å². The van der Waals surface area contributed by atoms with Crippen molar-refractivity contribution in [2.24, 2.45) is 23.7 Å². The van der Waals surface area contributed by atoms with Gasteiger partial charge in [-0.1, -0.05) is 96.3 Å². The molecule has 4 heterocycles. The van der Waals surface area contributed by atoms with E-state index < -0.39 is 77.8 Å². The van der Waals surface area contributed by atoms with Crippen molar-refractivity contribution in [3.05, 3.63) is 77.9 Å². The Balaban J connectivity index is 1.04. The fraction of sp³-hybridized carbons (Fsp3) is 0.629. The number of benzene rings is 2. The number of anilines is 1. The Morgan fingerprint density at radius 3 is 2.07 bits per heavy atom. The lowest BCUT2D eigenvalue weighted by atomic mass is 9.82. The molecule has 1 saturated carbocycles. The van der Waals surface area contributed by atoms with E-state index in [-0.39, 0.29) is 72.8 Å². The summed E-state index contributed by atoms with van der Waals surface area (Å²) in [4.78, 5) is 127. The summed E-state index contributed by atoms with van der Waals surface area (Å²) >= 11 is 0. The Bertz CT molecular complexity index is 2590. The molecule has 83 heavy (non-hydrogen) atoms. The lowest BCUT2D eigenvalue weighted by Gasteiger charge is -2.41. The summed E-state index contributed by atoms with van der Waals surface area (Å²) in [5, 5.41) is 14.6. The summed E-state index contributed by atoms with van der Waals surface area (Å²) in [5.41, 5.74) is 1.37. The molecule has 21 nitrogen and oxygen atoms in total. The van der Waals surface area contributed by atoms with Crippen LogP contribution in [-0.4, -0.2) is 168 Å². The molecule has 2 bridgehead atoms. The molecule has 4 fully saturated rings. The zero-order chi connectivity index (χ0) is 60.7. The minimum absolute atomic E-state index is 0.0243. The van der Waals surface area contributed by atoms with Crippen LogP contribution in [0.2, 0.25) is 0 Å². The van der Waals surface area contributed by atoms with Gasteiger partial charge in [-0.15, -0.1) is 0 Å². The Morgan fingerprint density at radius 1 is 0.795 bits per heavy atom. The molecular weight excluding hydrogens is 1060 g/mol. The molecule has 0 spiro atoms. The van der Waals surface area contributed by atoms with Crippen molar-refractivity contribution < 1.29 is 57.4 Å². The molecule has 7 rings (SSSR count). The molecule has 10 amide bonds. The van der Waals surface area contributed by atoms with E-state index in [1.165, 1.54) is 36.2 Å². The number of unbranched alkanes of at least 4 members (excludes halogenated alkanes) is 3. The third-order valence-corrected chi connectivity index (χ3v) is 16.7. The molecule has 0 aromatic heterocycles. The summed E-state index contributed by atoms with van der Waals surface area (Å²) in [6.07, 6.45) is 7.02. The molecule has 4 aliphatic heterocycles. The molecule has 5 N–H and O–H groups in total. The number of nitrogens with one attached hydrogen (secondary N) is 5. The van der Waals surface area contributed by atoms with Crippen LogP contribution in [0.15, 0.2) is 66.7 Å². The van der Waals surface area contributed by atoms with Gasteiger partial charge in [-0.25, -0.2) is 9.59 Å². The smallest absolute Gasteiger partial charge is 0.411 e. The van der Waals surface area contributed by atoms with E-state index >= 15 is 0 Å². The van der Waals surface area contributed by atoms with Crippen LogP contribution in [0.1, 0.15) is 131 Å². The van der Waals surface area contributed by atoms with Crippen LogP contribution in [0.25, 0.3) is 0 Å². The Morgan fingerprint density at radius 2 is 1.46 bits per heavy atom. The van der Waals surface area contributed by atoms with E-state index in [0.29, 0.717) is 63.8 Å². The number of imide groups is 1. The average molecular weight is 1150 g/mol. The number of fused-ring (bicyclic) bond motifs is 1. The second kappa shape index (κ2) is 30.1. The summed E-state index contributed by atoms with van der Waals surface area (Å²) in [7, 11) is 4.72. The standard InChI is InChI=1S/C62H91N9O12/c1-12-39(4)53(68(9)59(78)52(38(2)3)67-58(77)54-43-34-45(35-43)71(54)61(80)83-62(6,7)8)48(81-10)36-51(74)69-32-20-23-47(69)55(82-11)40(5)56(75)66-46(33-41-21-16-15-17-22-41)57(76)65-44-26-24-42(25-27-44)37-64-60(79)63-30-18-13-14-19-31-70-49(72)28-29-50(70)73/h15-17,21-22,24-29,38-40,43,45-48,52-55H,12-14,18-20,23,30-37H2,1-11H3,(H,65,76)(H,66,75)(H,67,77)(H2,63,64,79)/t39-,40+,43?,45?,46-,47-,48+,52-,53-,54?,55+/m0/s1. The van der Waals surface area contributed by atoms with Crippen molar-refractivity contribution in [2.75, 3.05) is 46.2 Å². The molecule has 2 aromatic carbocycles. The van der Waals surface area contributed by atoms with Crippen LogP contribution in [-0.2, 0) is 60.7 Å². The number of hydrogen-bond donors (Lipinski definition) is 5. The number of rotatable bonds is 29. The number of urea groups is 1. The number of amides is 10. The van der Waals surface area contributed by atoms with E-state index in [9.17, 15) is 43.2 Å². The van der Waals surface area contributed by atoms with E-state index in [1.807, 2.05) is 58.0 Å². The van der Waals surface area contributed by atoms with Crippen molar-refractivity contribution in [1.82, 2.24) is 40.9 Å². The van der Waals surface area contributed by atoms with Gasteiger partial charge in [0, 0.05) is 77.7 Å².